The molecule has 0 nitrogen and oxygen atoms in total. The summed E-state index contributed by atoms with van der Waals surface area (Å²) in [4.78, 5) is 0. The zero-order valence-corrected chi connectivity index (χ0v) is 11.0. The number of alkyl halides is 2. The third-order valence-electron chi connectivity index (χ3n) is 2.29. The standard InChI is InChI=1S/C11H22BrCl/c1-2-3-4-5-6-7-8-9-11(13)10-12/h11H,2-10H2,1H3. The molecule has 0 saturated carbocycles. The van der Waals surface area contributed by atoms with Crippen molar-refractivity contribution in [3.8, 4) is 0 Å². The highest BCUT2D eigenvalue weighted by molar-refractivity contribution is 9.09. The van der Waals surface area contributed by atoms with Crippen molar-refractivity contribution in [3.63, 3.8) is 0 Å². The van der Waals surface area contributed by atoms with Crippen LogP contribution in [-0.4, -0.2) is 10.7 Å². The summed E-state index contributed by atoms with van der Waals surface area (Å²) in [7, 11) is 0. The lowest BCUT2D eigenvalue weighted by molar-refractivity contribution is 0.575. The van der Waals surface area contributed by atoms with E-state index < -0.39 is 0 Å². The van der Waals surface area contributed by atoms with Gasteiger partial charge in [0.25, 0.3) is 0 Å². The van der Waals surface area contributed by atoms with Crippen LogP contribution in [0.2, 0.25) is 0 Å². The largest absolute Gasteiger partial charge is 0.122 e. The molecule has 80 valence electrons. The van der Waals surface area contributed by atoms with Gasteiger partial charge in [0.1, 0.15) is 0 Å². The zero-order chi connectivity index (χ0) is 9.94. The van der Waals surface area contributed by atoms with Gasteiger partial charge in [-0.25, -0.2) is 0 Å². The average Bonchev–Trinajstić information content (AvgIpc) is 2.16. The fraction of sp³-hybridized carbons (Fsp3) is 1.00. The van der Waals surface area contributed by atoms with Crippen LogP contribution in [0.15, 0.2) is 0 Å². The van der Waals surface area contributed by atoms with Gasteiger partial charge in [-0.15, -0.1) is 11.6 Å². The molecule has 0 saturated heterocycles. The van der Waals surface area contributed by atoms with E-state index in [9.17, 15) is 0 Å². The van der Waals surface area contributed by atoms with Crippen molar-refractivity contribution in [2.24, 2.45) is 0 Å². The van der Waals surface area contributed by atoms with Crippen molar-refractivity contribution in [1.29, 1.82) is 0 Å². The first-order valence-corrected chi connectivity index (χ1v) is 7.07. The second kappa shape index (κ2) is 10.8. The fourth-order valence-electron chi connectivity index (χ4n) is 1.40. The van der Waals surface area contributed by atoms with E-state index in [1.807, 2.05) is 0 Å². The molecule has 0 aromatic rings. The summed E-state index contributed by atoms with van der Waals surface area (Å²) >= 11 is 9.37. The summed E-state index contributed by atoms with van der Waals surface area (Å²) in [5.41, 5.74) is 0. The molecular formula is C11H22BrCl. The number of unbranched alkanes of at least 4 members (excludes halogenated alkanes) is 6. The van der Waals surface area contributed by atoms with Crippen LogP contribution in [0.1, 0.15) is 58.3 Å². The number of halogens is 2. The summed E-state index contributed by atoms with van der Waals surface area (Å²) in [6.07, 6.45) is 10.8. The Kier molecular flexibility index (Phi) is 11.5. The van der Waals surface area contributed by atoms with Gasteiger partial charge >= 0.3 is 0 Å². The minimum absolute atomic E-state index is 0.343. The van der Waals surface area contributed by atoms with Gasteiger partial charge in [0.05, 0.1) is 0 Å². The lowest BCUT2D eigenvalue weighted by Gasteiger charge is -2.04. The normalized spacial score (nSPS) is 13.2. The fourth-order valence-corrected chi connectivity index (χ4v) is 1.88. The van der Waals surface area contributed by atoms with E-state index in [-0.39, 0.29) is 0 Å². The molecule has 0 aliphatic rings. The second-order valence-electron chi connectivity index (χ2n) is 3.66. The van der Waals surface area contributed by atoms with Gasteiger partial charge < -0.3 is 0 Å². The molecule has 0 aromatic heterocycles. The maximum atomic E-state index is 5.98. The quantitative estimate of drug-likeness (QED) is 0.402. The van der Waals surface area contributed by atoms with Gasteiger partial charge in [0.2, 0.25) is 0 Å². The third-order valence-corrected chi connectivity index (χ3v) is 3.82. The van der Waals surface area contributed by atoms with Crippen molar-refractivity contribution in [1.82, 2.24) is 0 Å². The molecule has 0 radical (unpaired) electrons. The van der Waals surface area contributed by atoms with Gasteiger partial charge in [-0.3, -0.25) is 0 Å². The van der Waals surface area contributed by atoms with Crippen LogP contribution >= 0.6 is 27.5 Å². The van der Waals surface area contributed by atoms with Crippen LogP contribution in [0.3, 0.4) is 0 Å². The van der Waals surface area contributed by atoms with Gasteiger partial charge in [-0.05, 0) is 6.42 Å². The summed E-state index contributed by atoms with van der Waals surface area (Å²) in [6, 6.07) is 0. The molecule has 0 aromatic carbocycles. The van der Waals surface area contributed by atoms with E-state index in [4.69, 9.17) is 11.6 Å². The highest BCUT2D eigenvalue weighted by Gasteiger charge is 2.00. The average molecular weight is 270 g/mol. The molecule has 0 aliphatic heterocycles. The molecule has 0 bridgehead atoms. The SMILES string of the molecule is CCCCCCCCCC(Cl)CBr. The second-order valence-corrected chi connectivity index (χ2v) is 4.93. The number of hydrogen-bond donors (Lipinski definition) is 0. The molecular weight excluding hydrogens is 247 g/mol. The van der Waals surface area contributed by atoms with Crippen molar-refractivity contribution in [2.45, 2.75) is 63.7 Å². The molecule has 0 heterocycles. The maximum absolute atomic E-state index is 5.98. The topological polar surface area (TPSA) is 0 Å². The summed E-state index contributed by atoms with van der Waals surface area (Å²) in [5, 5.41) is 1.28. The molecule has 0 rings (SSSR count). The molecule has 2 heteroatoms. The molecule has 0 spiro atoms. The van der Waals surface area contributed by atoms with Gasteiger partial charge in [0, 0.05) is 10.7 Å². The molecule has 1 atom stereocenters. The summed E-state index contributed by atoms with van der Waals surface area (Å²) < 4.78 is 0. The first kappa shape index (κ1) is 13.8. The maximum Gasteiger partial charge on any atom is 0.0432 e. The van der Waals surface area contributed by atoms with Gasteiger partial charge in [-0.2, -0.15) is 0 Å². The first-order chi connectivity index (χ1) is 6.31. The molecule has 1 unspecified atom stereocenters. The van der Waals surface area contributed by atoms with Crippen LogP contribution in [-0.2, 0) is 0 Å². The smallest absolute Gasteiger partial charge is 0.0432 e. The Labute approximate surface area is 96.6 Å². The highest BCUT2D eigenvalue weighted by atomic mass is 79.9. The van der Waals surface area contributed by atoms with Crippen molar-refractivity contribution in [2.75, 3.05) is 5.33 Å². The Bertz CT molecular complexity index is 96.1. The van der Waals surface area contributed by atoms with Crippen molar-refractivity contribution >= 4 is 27.5 Å². The summed E-state index contributed by atoms with van der Waals surface area (Å²) in [6.45, 7) is 2.26. The first-order valence-electron chi connectivity index (χ1n) is 5.51. The van der Waals surface area contributed by atoms with Crippen LogP contribution in [0.4, 0.5) is 0 Å². The lowest BCUT2D eigenvalue weighted by atomic mass is 10.1. The molecule has 0 N–H and O–H groups in total. The Hall–Kier alpha value is 0.770. The third kappa shape index (κ3) is 10.7. The Balaban J connectivity index is 2.91. The van der Waals surface area contributed by atoms with Crippen molar-refractivity contribution < 1.29 is 0 Å². The van der Waals surface area contributed by atoms with Crippen LogP contribution < -0.4 is 0 Å². The Morgan fingerprint density at radius 3 is 2.08 bits per heavy atom. The molecule has 13 heavy (non-hydrogen) atoms. The van der Waals surface area contributed by atoms with Gasteiger partial charge in [0.15, 0.2) is 0 Å². The van der Waals surface area contributed by atoms with E-state index in [1.54, 1.807) is 0 Å². The zero-order valence-electron chi connectivity index (χ0n) is 8.70. The van der Waals surface area contributed by atoms with Crippen LogP contribution in [0, 0.1) is 0 Å². The minimum Gasteiger partial charge on any atom is -0.122 e. The van der Waals surface area contributed by atoms with E-state index in [1.165, 1.54) is 51.4 Å². The molecule has 0 amide bonds. The lowest BCUT2D eigenvalue weighted by Crippen LogP contribution is -1.98. The predicted octanol–water partition coefficient (Wildman–Crippen LogP) is 5.13. The van der Waals surface area contributed by atoms with E-state index in [0.29, 0.717) is 5.38 Å². The molecule has 0 aliphatic carbocycles. The Morgan fingerprint density at radius 2 is 1.54 bits per heavy atom. The number of rotatable bonds is 9. The van der Waals surface area contributed by atoms with Crippen LogP contribution in [0.5, 0.6) is 0 Å². The van der Waals surface area contributed by atoms with E-state index in [2.05, 4.69) is 22.9 Å². The van der Waals surface area contributed by atoms with Crippen LogP contribution in [0.25, 0.3) is 0 Å². The minimum atomic E-state index is 0.343. The van der Waals surface area contributed by atoms with E-state index >= 15 is 0 Å². The highest BCUT2D eigenvalue weighted by Crippen LogP contribution is 2.13. The Morgan fingerprint density at radius 1 is 1.00 bits per heavy atom. The molecule has 0 fully saturated rings. The summed E-state index contributed by atoms with van der Waals surface area (Å²) in [5.74, 6) is 0. The monoisotopic (exact) mass is 268 g/mol. The van der Waals surface area contributed by atoms with E-state index in [0.717, 1.165) is 5.33 Å². The van der Waals surface area contributed by atoms with Gasteiger partial charge in [-0.1, -0.05) is 67.8 Å². The predicted molar refractivity (Wildman–Crippen MR) is 66.0 cm³/mol. The van der Waals surface area contributed by atoms with Crippen molar-refractivity contribution in [3.05, 3.63) is 0 Å². The number of hydrogen-bond acceptors (Lipinski definition) is 0.